The van der Waals surface area contributed by atoms with Crippen molar-refractivity contribution in [2.45, 2.75) is 27.2 Å². The van der Waals surface area contributed by atoms with Gasteiger partial charge >= 0.3 is 0 Å². The topological polar surface area (TPSA) is 26.0 Å². The third-order valence-corrected chi connectivity index (χ3v) is 3.41. The lowest BCUT2D eigenvalue weighted by Gasteiger charge is -2.14. The molecule has 0 fully saturated rings. The van der Waals surface area contributed by atoms with Crippen molar-refractivity contribution in [2.24, 2.45) is 0 Å². The maximum absolute atomic E-state index is 6.11. The Bertz CT molecular complexity index is 527. The van der Waals surface area contributed by atoms with Crippen LogP contribution in [0.3, 0.4) is 0 Å². The number of benzene rings is 2. The maximum Gasteiger partial charge on any atom is 0.0376 e. The zero-order valence-corrected chi connectivity index (χ0v) is 10.7. The van der Waals surface area contributed by atoms with E-state index in [4.69, 9.17) is 5.73 Å². The molecule has 0 aliphatic rings. The molecule has 0 aliphatic heterocycles. The van der Waals surface area contributed by atoms with Gasteiger partial charge in [-0.1, -0.05) is 36.4 Å². The zero-order valence-electron chi connectivity index (χ0n) is 10.7. The minimum absolute atomic E-state index is 0.932. The van der Waals surface area contributed by atoms with Crippen molar-refractivity contribution in [3.05, 3.63) is 64.2 Å². The van der Waals surface area contributed by atoms with E-state index in [1.165, 1.54) is 27.8 Å². The van der Waals surface area contributed by atoms with Crippen LogP contribution in [-0.2, 0) is 6.42 Å². The first-order chi connectivity index (χ1) is 8.09. The van der Waals surface area contributed by atoms with E-state index in [9.17, 15) is 0 Å². The van der Waals surface area contributed by atoms with Crippen molar-refractivity contribution in [1.29, 1.82) is 0 Å². The summed E-state index contributed by atoms with van der Waals surface area (Å²) in [5.41, 5.74) is 13.5. The van der Waals surface area contributed by atoms with E-state index in [0.29, 0.717) is 0 Å². The van der Waals surface area contributed by atoms with E-state index in [0.717, 1.165) is 12.1 Å². The predicted molar refractivity (Wildman–Crippen MR) is 74.3 cm³/mol. The molecular formula is C16H19N. The predicted octanol–water partition coefficient (Wildman–Crippen LogP) is 3.78. The van der Waals surface area contributed by atoms with E-state index in [1.807, 2.05) is 6.07 Å². The number of hydrogen-bond acceptors (Lipinski definition) is 1. The summed E-state index contributed by atoms with van der Waals surface area (Å²) in [6.07, 6.45) is 0.961. The molecule has 0 amide bonds. The lowest BCUT2D eigenvalue weighted by molar-refractivity contribution is 1.11. The van der Waals surface area contributed by atoms with Crippen LogP contribution in [0, 0.1) is 20.8 Å². The standard InChI is InChI=1S/C16H19N/c1-11-9-12(2)16(17)13(3)15(11)10-14-7-5-4-6-8-14/h4-9H,10,17H2,1-3H3. The molecule has 0 spiro atoms. The molecule has 0 atom stereocenters. The molecule has 2 N–H and O–H groups in total. The lowest BCUT2D eigenvalue weighted by atomic mass is 9.93. The maximum atomic E-state index is 6.11. The molecule has 2 rings (SSSR count). The Kier molecular flexibility index (Phi) is 3.19. The van der Waals surface area contributed by atoms with Crippen LogP contribution in [0.5, 0.6) is 0 Å². The summed E-state index contributed by atoms with van der Waals surface area (Å²) >= 11 is 0. The Balaban J connectivity index is 2.43. The van der Waals surface area contributed by atoms with Crippen LogP contribution in [0.15, 0.2) is 36.4 Å². The molecule has 0 bridgehead atoms. The highest BCUT2D eigenvalue weighted by Crippen LogP contribution is 2.26. The second-order valence-corrected chi connectivity index (χ2v) is 4.69. The summed E-state index contributed by atoms with van der Waals surface area (Å²) in [5.74, 6) is 0. The van der Waals surface area contributed by atoms with Crippen molar-refractivity contribution in [2.75, 3.05) is 5.73 Å². The van der Waals surface area contributed by atoms with E-state index in [2.05, 4.69) is 51.1 Å². The first kappa shape index (κ1) is 11.7. The van der Waals surface area contributed by atoms with Crippen molar-refractivity contribution in [3.63, 3.8) is 0 Å². The van der Waals surface area contributed by atoms with E-state index in [1.54, 1.807) is 0 Å². The first-order valence-corrected chi connectivity index (χ1v) is 5.98. The molecule has 0 saturated carbocycles. The van der Waals surface area contributed by atoms with Gasteiger partial charge in [0.1, 0.15) is 0 Å². The minimum atomic E-state index is 0.932. The highest BCUT2D eigenvalue weighted by Gasteiger charge is 2.08. The average molecular weight is 225 g/mol. The van der Waals surface area contributed by atoms with Crippen LogP contribution in [0.25, 0.3) is 0 Å². The molecule has 1 nitrogen and oxygen atoms in total. The fourth-order valence-corrected chi connectivity index (χ4v) is 2.32. The van der Waals surface area contributed by atoms with Gasteiger partial charge in [0.25, 0.3) is 0 Å². The van der Waals surface area contributed by atoms with Crippen LogP contribution < -0.4 is 5.73 Å². The van der Waals surface area contributed by atoms with E-state index < -0.39 is 0 Å². The van der Waals surface area contributed by atoms with Crippen LogP contribution in [0.4, 0.5) is 5.69 Å². The molecule has 0 unspecified atom stereocenters. The summed E-state index contributed by atoms with van der Waals surface area (Å²) in [7, 11) is 0. The molecule has 2 aromatic carbocycles. The molecule has 0 radical (unpaired) electrons. The molecule has 1 heteroatoms. The van der Waals surface area contributed by atoms with Crippen LogP contribution in [0.2, 0.25) is 0 Å². The summed E-state index contributed by atoms with van der Waals surface area (Å²) < 4.78 is 0. The fourth-order valence-electron chi connectivity index (χ4n) is 2.32. The van der Waals surface area contributed by atoms with Crippen molar-refractivity contribution in [3.8, 4) is 0 Å². The van der Waals surface area contributed by atoms with E-state index >= 15 is 0 Å². The molecule has 0 saturated heterocycles. The zero-order chi connectivity index (χ0) is 12.4. The Morgan fingerprint density at radius 1 is 0.941 bits per heavy atom. The molecule has 0 aromatic heterocycles. The fraction of sp³-hybridized carbons (Fsp3) is 0.250. The van der Waals surface area contributed by atoms with Gasteiger partial charge in [-0.25, -0.2) is 0 Å². The Morgan fingerprint density at radius 3 is 2.24 bits per heavy atom. The van der Waals surface area contributed by atoms with Crippen LogP contribution in [-0.4, -0.2) is 0 Å². The molecule has 88 valence electrons. The van der Waals surface area contributed by atoms with Gasteiger partial charge in [0.15, 0.2) is 0 Å². The van der Waals surface area contributed by atoms with Gasteiger partial charge in [-0.3, -0.25) is 0 Å². The summed E-state index contributed by atoms with van der Waals surface area (Å²) in [6.45, 7) is 6.35. The largest absolute Gasteiger partial charge is 0.398 e. The van der Waals surface area contributed by atoms with Gasteiger partial charge in [-0.2, -0.15) is 0 Å². The Hall–Kier alpha value is -1.76. The van der Waals surface area contributed by atoms with Gasteiger partial charge < -0.3 is 5.73 Å². The summed E-state index contributed by atoms with van der Waals surface area (Å²) in [6, 6.07) is 12.7. The summed E-state index contributed by atoms with van der Waals surface area (Å²) in [4.78, 5) is 0. The van der Waals surface area contributed by atoms with Crippen molar-refractivity contribution in [1.82, 2.24) is 0 Å². The number of anilines is 1. The third kappa shape index (κ3) is 2.33. The molecular weight excluding hydrogens is 206 g/mol. The monoisotopic (exact) mass is 225 g/mol. The van der Waals surface area contributed by atoms with Crippen molar-refractivity contribution < 1.29 is 0 Å². The number of nitrogen functional groups attached to an aromatic ring is 1. The minimum Gasteiger partial charge on any atom is -0.398 e. The number of rotatable bonds is 2. The van der Waals surface area contributed by atoms with Crippen LogP contribution in [0.1, 0.15) is 27.8 Å². The Morgan fingerprint density at radius 2 is 1.59 bits per heavy atom. The average Bonchev–Trinajstić information content (AvgIpc) is 2.33. The summed E-state index contributed by atoms with van der Waals surface area (Å²) in [5, 5.41) is 0. The van der Waals surface area contributed by atoms with Gasteiger partial charge in [0.2, 0.25) is 0 Å². The number of aryl methyl sites for hydroxylation is 2. The second kappa shape index (κ2) is 4.62. The highest BCUT2D eigenvalue weighted by atomic mass is 14.6. The quantitative estimate of drug-likeness (QED) is 0.773. The molecule has 17 heavy (non-hydrogen) atoms. The van der Waals surface area contributed by atoms with Crippen molar-refractivity contribution >= 4 is 5.69 Å². The van der Waals surface area contributed by atoms with E-state index in [-0.39, 0.29) is 0 Å². The van der Waals surface area contributed by atoms with Gasteiger partial charge in [0, 0.05) is 5.69 Å². The molecule has 0 aliphatic carbocycles. The second-order valence-electron chi connectivity index (χ2n) is 4.69. The number of nitrogens with two attached hydrogens (primary N) is 1. The smallest absolute Gasteiger partial charge is 0.0376 e. The highest BCUT2D eigenvalue weighted by molar-refractivity contribution is 5.59. The number of hydrogen-bond donors (Lipinski definition) is 1. The molecule has 0 heterocycles. The Labute approximate surface area is 103 Å². The van der Waals surface area contributed by atoms with Gasteiger partial charge in [-0.15, -0.1) is 0 Å². The SMILES string of the molecule is Cc1cc(C)c(Cc2ccccc2)c(C)c1N. The molecule has 2 aromatic rings. The first-order valence-electron chi connectivity index (χ1n) is 5.98. The normalized spacial score (nSPS) is 10.5. The van der Waals surface area contributed by atoms with Gasteiger partial charge in [0.05, 0.1) is 0 Å². The van der Waals surface area contributed by atoms with Gasteiger partial charge in [-0.05, 0) is 55.0 Å². The van der Waals surface area contributed by atoms with Crippen LogP contribution >= 0.6 is 0 Å². The lowest BCUT2D eigenvalue weighted by Crippen LogP contribution is -2.02. The third-order valence-electron chi connectivity index (χ3n) is 3.41.